The van der Waals surface area contributed by atoms with Gasteiger partial charge in [-0.1, -0.05) is 23.4 Å². The average molecular weight is 329 g/mol. The monoisotopic (exact) mass is 328 g/mol. The van der Waals surface area contributed by atoms with E-state index in [1.54, 1.807) is 17.8 Å². The van der Waals surface area contributed by atoms with Gasteiger partial charge in [0.2, 0.25) is 0 Å². The molecular formula is C11H9Cl2F3N2S. The third-order valence-corrected chi connectivity index (χ3v) is 3.61. The van der Waals surface area contributed by atoms with Crippen molar-refractivity contribution in [3.05, 3.63) is 41.2 Å². The van der Waals surface area contributed by atoms with E-state index >= 15 is 0 Å². The minimum atomic E-state index is -4.43. The number of benzene rings is 1. The zero-order chi connectivity index (χ0) is 13.3. The first-order chi connectivity index (χ1) is 8.38. The standard InChI is InChI=1S/C11H8ClF3N2S.ClH/c1-17-5-4-16-10(17)18-9-3-2-7(12)6-8(9)11(13,14)15;/h2-6H,1H3;1H. The van der Waals surface area contributed by atoms with Crippen molar-refractivity contribution in [2.45, 2.75) is 16.2 Å². The fourth-order valence-electron chi connectivity index (χ4n) is 1.36. The van der Waals surface area contributed by atoms with Crippen LogP contribution in [0.3, 0.4) is 0 Å². The fraction of sp³-hybridized carbons (Fsp3) is 0.182. The lowest BCUT2D eigenvalue weighted by molar-refractivity contribution is -0.139. The van der Waals surface area contributed by atoms with Gasteiger partial charge in [0, 0.05) is 29.4 Å². The molecule has 0 saturated carbocycles. The second-order valence-corrected chi connectivity index (χ2v) is 5.01. The van der Waals surface area contributed by atoms with E-state index in [1.807, 2.05) is 0 Å². The van der Waals surface area contributed by atoms with Gasteiger partial charge in [-0.25, -0.2) is 4.98 Å². The summed E-state index contributed by atoms with van der Waals surface area (Å²) >= 11 is 6.56. The topological polar surface area (TPSA) is 17.8 Å². The van der Waals surface area contributed by atoms with Crippen LogP contribution >= 0.6 is 35.8 Å². The molecule has 1 aromatic carbocycles. The fourth-order valence-corrected chi connectivity index (χ4v) is 2.47. The Labute approximate surface area is 123 Å². The van der Waals surface area contributed by atoms with Crippen LogP contribution in [0.2, 0.25) is 5.02 Å². The summed E-state index contributed by atoms with van der Waals surface area (Å²) in [6.45, 7) is 0. The van der Waals surface area contributed by atoms with Gasteiger partial charge in [-0.15, -0.1) is 12.4 Å². The first-order valence-electron chi connectivity index (χ1n) is 4.90. The van der Waals surface area contributed by atoms with Crippen LogP contribution in [0.4, 0.5) is 13.2 Å². The van der Waals surface area contributed by atoms with Crippen LogP contribution in [0.25, 0.3) is 0 Å². The maximum atomic E-state index is 12.9. The molecule has 0 unspecified atom stereocenters. The highest BCUT2D eigenvalue weighted by atomic mass is 35.5. The molecule has 2 rings (SSSR count). The molecule has 0 spiro atoms. The Morgan fingerprint density at radius 1 is 1.32 bits per heavy atom. The number of nitrogens with zero attached hydrogens (tertiary/aromatic N) is 2. The lowest BCUT2D eigenvalue weighted by Gasteiger charge is -2.12. The van der Waals surface area contributed by atoms with E-state index in [4.69, 9.17) is 11.6 Å². The molecule has 0 radical (unpaired) electrons. The Morgan fingerprint density at radius 3 is 2.53 bits per heavy atom. The summed E-state index contributed by atoms with van der Waals surface area (Å²) in [5.41, 5.74) is -0.747. The van der Waals surface area contributed by atoms with E-state index in [-0.39, 0.29) is 22.3 Å². The maximum Gasteiger partial charge on any atom is 0.417 e. The quantitative estimate of drug-likeness (QED) is 0.797. The van der Waals surface area contributed by atoms with E-state index in [2.05, 4.69) is 4.98 Å². The molecule has 0 aliphatic heterocycles. The highest BCUT2D eigenvalue weighted by Crippen LogP contribution is 2.40. The molecule has 0 amide bonds. The van der Waals surface area contributed by atoms with Crippen molar-refractivity contribution in [2.75, 3.05) is 0 Å². The number of aromatic nitrogens is 2. The smallest absolute Gasteiger partial charge is 0.329 e. The summed E-state index contributed by atoms with van der Waals surface area (Å²) < 4.78 is 40.2. The van der Waals surface area contributed by atoms with Crippen molar-refractivity contribution in [1.82, 2.24) is 9.55 Å². The number of aryl methyl sites for hydroxylation is 1. The molecule has 1 heterocycles. The number of alkyl halides is 3. The van der Waals surface area contributed by atoms with Crippen molar-refractivity contribution in [3.8, 4) is 0 Å². The Bertz CT molecular complexity index is 569. The average Bonchev–Trinajstić information content (AvgIpc) is 2.66. The summed E-state index contributed by atoms with van der Waals surface area (Å²) in [6, 6.07) is 3.71. The minimum Gasteiger partial charge on any atom is -0.329 e. The third-order valence-electron chi connectivity index (χ3n) is 2.23. The molecule has 0 N–H and O–H groups in total. The van der Waals surface area contributed by atoms with Crippen LogP contribution in [0.15, 0.2) is 40.6 Å². The molecule has 0 atom stereocenters. The summed E-state index contributed by atoms with van der Waals surface area (Å²) in [7, 11) is 1.72. The molecular weight excluding hydrogens is 320 g/mol. The minimum absolute atomic E-state index is 0. The van der Waals surface area contributed by atoms with Gasteiger partial charge in [0.1, 0.15) is 0 Å². The Morgan fingerprint density at radius 2 is 2.00 bits per heavy atom. The Balaban J connectivity index is 0.00000180. The van der Waals surface area contributed by atoms with Gasteiger partial charge in [-0.2, -0.15) is 13.2 Å². The van der Waals surface area contributed by atoms with Crippen LogP contribution in [0, 0.1) is 0 Å². The van der Waals surface area contributed by atoms with E-state index in [0.717, 1.165) is 17.8 Å². The van der Waals surface area contributed by atoms with Crippen molar-refractivity contribution in [2.24, 2.45) is 7.05 Å². The molecule has 2 aromatic rings. The predicted octanol–water partition coefficient (Wildman–Crippen LogP) is 4.67. The number of halogens is 5. The highest BCUT2D eigenvalue weighted by molar-refractivity contribution is 7.99. The SMILES string of the molecule is Cl.Cn1ccnc1Sc1ccc(Cl)cc1C(F)(F)F. The third kappa shape index (κ3) is 3.81. The largest absolute Gasteiger partial charge is 0.417 e. The number of hydrogen-bond donors (Lipinski definition) is 0. The first kappa shape index (κ1) is 16.2. The van der Waals surface area contributed by atoms with Crippen LogP contribution < -0.4 is 0 Å². The second kappa shape index (κ2) is 6.07. The maximum absolute atomic E-state index is 12.9. The molecule has 0 fully saturated rings. The Kier molecular flexibility index (Phi) is 5.18. The summed E-state index contributed by atoms with van der Waals surface area (Å²) in [5.74, 6) is 0. The zero-order valence-electron chi connectivity index (χ0n) is 9.61. The van der Waals surface area contributed by atoms with Crippen LogP contribution in [0.1, 0.15) is 5.56 Å². The van der Waals surface area contributed by atoms with Gasteiger partial charge in [0.25, 0.3) is 0 Å². The van der Waals surface area contributed by atoms with Crippen LogP contribution in [-0.2, 0) is 13.2 Å². The van der Waals surface area contributed by atoms with Gasteiger partial charge in [-0.05, 0) is 18.2 Å². The van der Waals surface area contributed by atoms with E-state index in [1.165, 1.54) is 18.3 Å². The second-order valence-electron chi connectivity index (χ2n) is 3.56. The predicted molar refractivity (Wildman–Crippen MR) is 71.0 cm³/mol. The highest BCUT2D eigenvalue weighted by Gasteiger charge is 2.34. The van der Waals surface area contributed by atoms with E-state index < -0.39 is 11.7 Å². The lowest BCUT2D eigenvalue weighted by atomic mass is 10.2. The van der Waals surface area contributed by atoms with Crippen LogP contribution in [0.5, 0.6) is 0 Å². The molecule has 0 aliphatic carbocycles. The van der Waals surface area contributed by atoms with Crippen LogP contribution in [-0.4, -0.2) is 9.55 Å². The number of imidazole rings is 1. The Hall–Kier alpha value is -0.850. The van der Waals surface area contributed by atoms with Gasteiger partial charge in [0.15, 0.2) is 5.16 Å². The molecule has 2 nitrogen and oxygen atoms in total. The summed E-state index contributed by atoms with van der Waals surface area (Å²) in [5, 5.41) is 0.550. The lowest BCUT2D eigenvalue weighted by Crippen LogP contribution is -2.07. The van der Waals surface area contributed by atoms with E-state index in [9.17, 15) is 13.2 Å². The summed E-state index contributed by atoms with van der Waals surface area (Å²) in [4.78, 5) is 4.07. The molecule has 19 heavy (non-hydrogen) atoms. The molecule has 0 bridgehead atoms. The molecule has 104 valence electrons. The number of rotatable bonds is 2. The zero-order valence-corrected chi connectivity index (χ0v) is 12.0. The number of hydrogen-bond acceptors (Lipinski definition) is 2. The van der Waals surface area contributed by atoms with Crippen molar-refractivity contribution < 1.29 is 13.2 Å². The molecule has 0 aliphatic rings. The van der Waals surface area contributed by atoms with Gasteiger partial charge >= 0.3 is 6.18 Å². The van der Waals surface area contributed by atoms with E-state index in [0.29, 0.717) is 5.16 Å². The van der Waals surface area contributed by atoms with Gasteiger partial charge < -0.3 is 4.57 Å². The first-order valence-corrected chi connectivity index (χ1v) is 6.09. The van der Waals surface area contributed by atoms with Gasteiger partial charge in [-0.3, -0.25) is 0 Å². The molecule has 1 aromatic heterocycles. The summed E-state index contributed by atoms with van der Waals surface area (Å²) in [6.07, 6.45) is -1.23. The molecule has 8 heteroatoms. The van der Waals surface area contributed by atoms with Crippen molar-refractivity contribution in [3.63, 3.8) is 0 Å². The van der Waals surface area contributed by atoms with Crippen molar-refractivity contribution in [1.29, 1.82) is 0 Å². The van der Waals surface area contributed by atoms with Gasteiger partial charge in [0.05, 0.1) is 5.56 Å². The molecule has 0 saturated heterocycles. The van der Waals surface area contributed by atoms with Crippen molar-refractivity contribution >= 4 is 35.8 Å². The normalized spacial score (nSPS) is 11.2.